The second-order valence-corrected chi connectivity index (χ2v) is 2.86. The van der Waals surface area contributed by atoms with Gasteiger partial charge in [-0.3, -0.25) is 0 Å². The number of hydrogen-bond donors (Lipinski definition) is 0. The third kappa shape index (κ3) is 5.66. The van der Waals surface area contributed by atoms with E-state index >= 15 is 0 Å². The first kappa shape index (κ1) is 16.4. The highest BCUT2D eigenvalue weighted by Crippen LogP contribution is 1.92. The lowest BCUT2D eigenvalue weighted by atomic mass is 9.30. The van der Waals surface area contributed by atoms with Crippen LogP contribution in [0.5, 0.6) is 0 Å². The summed E-state index contributed by atoms with van der Waals surface area (Å²) < 4.78 is 3.07. The van der Waals surface area contributed by atoms with Crippen LogP contribution in [0.3, 0.4) is 0 Å². The predicted octanol–water partition coefficient (Wildman–Crippen LogP) is 1.28. The minimum atomic E-state index is -2.72. The van der Waals surface area contributed by atoms with Crippen molar-refractivity contribution in [3.05, 3.63) is 0 Å². The van der Waals surface area contributed by atoms with Crippen LogP contribution in [0.15, 0.2) is 0 Å². The van der Waals surface area contributed by atoms with Crippen LogP contribution < -0.4 is 0 Å². The Morgan fingerprint density at radius 3 is 1.00 bits per heavy atom. The largest absolute Gasteiger partial charge is 0.422 e. The van der Waals surface area contributed by atoms with Gasteiger partial charge in [0.15, 0.2) is 0 Å². The molecule has 0 aromatic heterocycles. The van der Waals surface area contributed by atoms with Crippen molar-refractivity contribution in [2.24, 2.45) is 0 Å². The SMILES string of the molecule is CC[O+](CC)CC.N#C[B-](C#N)(C#N)C#N. The van der Waals surface area contributed by atoms with Crippen LogP contribution in [-0.4, -0.2) is 26.0 Å². The zero-order valence-electron chi connectivity index (χ0n) is 9.90. The normalized spacial score (nSPS) is 8.75. The molecular formula is C10H15BN4O. The second kappa shape index (κ2) is 9.54. The van der Waals surface area contributed by atoms with E-state index in [2.05, 4.69) is 25.1 Å². The highest BCUT2D eigenvalue weighted by atomic mass is 16.7. The number of rotatable bonds is 3. The molecule has 0 aliphatic heterocycles. The quantitative estimate of drug-likeness (QED) is 0.526. The van der Waals surface area contributed by atoms with Crippen LogP contribution >= 0.6 is 0 Å². The van der Waals surface area contributed by atoms with Gasteiger partial charge in [-0.15, -0.1) is 23.9 Å². The Bertz CT molecular complexity index is 284. The summed E-state index contributed by atoms with van der Waals surface area (Å²) in [5, 5.41) is 32.3. The summed E-state index contributed by atoms with van der Waals surface area (Å²) in [6.45, 7) is 9.76. The molecule has 0 aromatic rings. The van der Waals surface area contributed by atoms with Crippen LogP contribution in [-0.2, 0) is 4.37 Å². The highest BCUT2D eigenvalue weighted by molar-refractivity contribution is 7.05. The molecule has 6 heteroatoms. The minimum Gasteiger partial charge on any atom is -0.422 e. The number of nitriles is 4. The summed E-state index contributed by atoms with van der Waals surface area (Å²) >= 11 is 0. The van der Waals surface area contributed by atoms with Crippen LogP contribution in [0.1, 0.15) is 20.8 Å². The van der Waals surface area contributed by atoms with Crippen LogP contribution in [0.4, 0.5) is 0 Å². The van der Waals surface area contributed by atoms with Crippen LogP contribution in [0, 0.1) is 44.9 Å². The van der Waals surface area contributed by atoms with E-state index in [0.29, 0.717) is 0 Å². The van der Waals surface area contributed by atoms with Crippen LogP contribution in [0.2, 0.25) is 0 Å². The molecule has 0 unspecified atom stereocenters. The van der Waals surface area contributed by atoms with Crippen molar-refractivity contribution in [1.29, 1.82) is 21.0 Å². The molecule has 84 valence electrons. The van der Waals surface area contributed by atoms with E-state index in [9.17, 15) is 0 Å². The summed E-state index contributed by atoms with van der Waals surface area (Å²) in [6.07, 6.45) is -2.72. The molecule has 0 N–H and O–H groups in total. The lowest BCUT2D eigenvalue weighted by Gasteiger charge is -2.11. The van der Waals surface area contributed by atoms with Gasteiger partial charge in [-0.05, 0) is 0 Å². The average Bonchev–Trinajstić information content (AvgIpc) is 2.36. The smallest absolute Gasteiger partial charge is 0.383 e. The maximum atomic E-state index is 8.09. The van der Waals surface area contributed by atoms with Crippen molar-refractivity contribution in [2.75, 3.05) is 19.8 Å². The summed E-state index contributed by atoms with van der Waals surface area (Å²) in [7, 11) is 0. The van der Waals surface area contributed by atoms with E-state index in [0.717, 1.165) is 19.8 Å². The first-order valence-electron chi connectivity index (χ1n) is 5.04. The molecule has 5 nitrogen and oxygen atoms in total. The second-order valence-electron chi connectivity index (χ2n) is 2.86. The molecule has 0 heterocycles. The van der Waals surface area contributed by atoms with Gasteiger partial charge >= 0.3 is 6.15 Å². The molecule has 0 fully saturated rings. The molecule has 0 radical (unpaired) electrons. The standard InChI is InChI=1S/C6H15O.C4BN4/c1-4-7(5-2)6-3;6-1-5(2-7,3-8)4-9/h4-6H2,1-3H3;/q+1;-1. The Balaban J connectivity index is 0. The van der Waals surface area contributed by atoms with Gasteiger partial charge in [0.1, 0.15) is 19.8 Å². The van der Waals surface area contributed by atoms with Gasteiger partial charge < -0.3 is 4.37 Å². The van der Waals surface area contributed by atoms with Gasteiger partial charge in [0.25, 0.3) is 0 Å². The third-order valence-electron chi connectivity index (χ3n) is 2.00. The number of nitrogens with zero attached hydrogens (tertiary/aromatic N) is 4. The monoisotopic (exact) mass is 218 g/mol. The Hall–Kier alpha value is -2.02. The predicted molar refractivity (Wildman–Crippen MR) is 60.9 cm³/mol. The van der Waals surface area contributed by atoms with E-state index in [1.54, 1.807) is 0 Å². The molecule has 16 heavy (non-hydrogen) atoms. The summed E-state index contributed by atoms with van der Waals surface area (Å²) in [5.41, 5.74) is 0. The molecule has 0 amide bonds. The molecular weight excluding hydrogens is 203 g/mol. The minimum absolute atomic E-state index is 1.10. The molecule has 0 aliphatic rings. The van der Waals surface area contributed by atoms with Gasteiger partial charge in [0, 0.05) is 20.8 Å². The Labute approximate surface area is 96.7 Å². The van der Waals surface area contributed by atoms with Gasteiger partial charge in [0.2, 0.25) is 0 Å². The zero-order chi connectivity index (χ0) is 13.0. The topological polar surface area (TPSA) is 97.9 Å². The first-order chi connectivity index (χ1) is 7.59. The molecule has 0 saturated carbocycles. The van der Waals surface area contributed by atoms with Crippen molar-refractivity contribution in [1.82, 2.24) is 0 Å². The Morgan fingerprint density at radius 1 is 0.750 bits per heavy atom. The fourth-order valence-corrected chi connectivity index (χ4v) is 0.786. The van der Waals surface area contributed by atoms with E-state index in [4.69, 9.17) is 21.0 Å². The zero-order valence-corrected chi connectivity index (χ0v) is 9.90. The van der Waals surface area contributed by atoms with E-state index < -0.39 is 6.15 Å². The number of hydrogen-bond acceptors (Lipinski definition) is 4. The summed E-state index contributed by atoms with van der Waals surface area (Å²) in [6, 6.07) is 0. The highest BCUT2D eigenvalue weighted by Gasteiger charge is 2.22. The van der Waals surface area contributed by atoms with Crippen molar-refractivity contribution < 1.29 is 4.37 Å². The van der Waals surface area contributed by atoms with E-state index in [1.165, 1.54) is 23.9 Å². The molecule has 0 rings (SSSR count). The maximum absolute atomic E-state index is 8.09. The summed E-state index contributed by atoms with van der Waals surface area (Å²) in [5.74, 6) is 5.38. The molecule has 0 bridgehead atoms. The Kier molecular flexibility index (Phi) is 9.78. The Morgan fingerprint density at radius 2 is 1.00 bits per heavy atom. The van der Waals surface area contributed by atoms with Gasteiger partial charge in [-0.25, -0.2) is 21.0 Å². The van der Waals surface area contributed by atoms with Gasteiger partial charge in [0.05, 0.1) is 0 Å². The average molecular weight is 218 g/mol. The third-order valence-corrected chi connectivity index (χ3v) is 2.00. The lowest BCUT2D eigenvalue weighted by molar-refractivity contribution is -0.119. The van der Waals surface area contributed by atoms with Crippen molar-refractivity contribution in [2.45, 2.75) is 20.8 Å². The van der Waals surface area contributed by atoms with Gasteiger partial charge in [-0.2, -0.15) is 0 Å². The van der Waals surface area contributed by atoms with Crippen molar-refractivity contribution in [3.63, 3.8) is 0 Å². The molecule has 0 aliphatic carbocycles. The summed E-state index contributed by atoms with van der Waals surface area (Å²) in [4.78, 5) is 0. The molecule has 0 spiro atoms. The van der Waals surface area contributed by atoms with Crippen molar-refractivity contribution >= 4 is 6.15 Å². The maximum Gasteiger partial charge on any atom is 0.383 e. The molecule has 0 atom stereocenters. The first-order valence-corrected chi connectivity index (χ1v) is 5.04. The molecule has 0 aromatic carbocycles. The van der Waals surface area contributed by atoms with E-state index in [1.807, 2.05) is 0 Å². The fraction of sp³-hybridized carbons (Fsp3) is 0.600. The molecule has 0 saturated heterocycles. The fourth-order valence-electron chi connectivity index (χ4n) is 0.786. The van der Waals surface area contributed by atoms with E-state index in [-0.39, 0.29) is 0 Å². The van der Waals surface area contributed by atoms with Gasteiger partial charge in [-0.1, -0.05) is 0 Å². The van der Waals surface area contributed by atoms with Crippen LogP contribution in [0.25, 0.3) is 0 Å². The lowest BCUT2D eigenvalue weighted by Crippen LogP contribution is -2.26. The van der Waals surface area contributed by atoms with Crippen molar-refractivity contribution in [3.8, 4) is 23.9 Å².